The minimum Gasteiger partial charge on any atom is -0.330 e. The Labute approximate surface area is 172 Å². The van der Waals surface area contributed by atoms with Gasteiger partial charge in [-0.2, -0.15) is 13.2 Å². The van der Waals surface area contributed by atoms with Gasteiger partial charge in [0.05, 0.1) is 12.1 Å². The summed E-state index contributed by atoms with van der Waals surface area (Å²) in [5.41, 5.74) is -3.81. The van der Waals surface area contributed by atoms with E-state index < -0.39 is 46.2 Å². The average Bonchev–Trinajstić information content (AvgIpc) is 3.45. The van der Waals surface area contributed by atoms with Crippen LogP contribution < -0.4 is 5.32 Å². The van der Waals surface area contributed by atoms with Crippen molar-refractivity contribution in [3.05, 3.63) is 47.2 Å². The minimum absolute atomic E-state index is 0.0681. The van der Waals surface area contributed by atoms with E-state index in [0.717, 1.165) is 4.90 Å². The summed E-state index contributed by atoms with van der Waals surface area (Å²) in [6.45, 7) is 3.48. The molecule has 0 aromatic heterocycles. The Balaban J connectivity index is 1.86. The Morgan fingerprint density at radius 1 is 1.13 bits per heavy atom. The number of nitrogens with one attached hydrogen (secondary N) is 1. The predicted molar refractivity (Wildman–Crippen MR) is 102 cm³/mol. The van der Waals surface area contributed by atoms with Gasteiger partial charge in [-0.25, -0.2) is 0 Å². The van der Waals surface area contributed by atoms with Gasteiger partial charge in [0.1, 0.15) is 0 Å². The molecule has 2 aliphatic carbocycles. The van der Waals surface area contributed by atoms with Gasteiger partial charge in [-0.15, -0.1) is 0 Å². The van der Waals surface area contributed by atoms with Crippen molar-refractivity contribution in [2.45, 2.75) is 57.8 Å². The third-order valence-corrected chi connectivity index (χ3v) is 5.99. The molecule has 1 aliphatic heterocycles. The van der Waals surface area contributed by atoms with E-state index in [0.29, 0.717) is 18.4 Å². The molecule has 1 heterocycles. The van der Waals surface area contributed by atoms with Crippen LogP contribution in [0.15, 0.2) is 41.6 Å². The number of carbonyl (C=O) groups excluding carboxylic acids is 3. The van der Waals surface area contributed by atoms with E-state index in [-0.39, 0.29) is 25.1 Å². The van der Waals surface area contributed by atoms with Crippen molar-refractivity contribution in [3.8, 4) is 0 Å². The van der Waals surface area contributed by atoms with Crippen LogP contribution in [0.1, 0.15) is 45.1 Å². The van der Waals surface area contributed by atoms with Crippen molar-refractivity contribution in [2.75, 3.05) is 0 Å². The van der Waals surface area contributed by atoms with Gasteiger partial charge in [0, 0.05) is 18.0 Å². The molecule has 1 atom stereocenters. The molecule has 1 aromatic carbocycles. The van der Waals surface area contributed by atoms with Crippen LogP contribution in [0.5, 0.6) is 0 Å². The molecule has 1 aromatic rings. The second-order valence-electron chi connectivity index (χ2n) is 9.15. The Morgan fingerprint density at radius 3 is 2.33 bits per heavy atom. The van der Waals surface area contributed by atoms with Gasteiger partial charge in [0.15, 0.2) is 5.78 Å². The van der Waals surface area contributed by atoms with E-state index in [1.807, 2.05) is 5.32 Å². The van der Waals surface area contributed by atoms with Crippen molar-refractivity contribution in [1.29, 1.82) is 0 Å². The van der Waals surface area contributed by atoms with Crippen LogP contribution in [-0.4, -0.2) is 34.2 Å². The molecule has 0 bridgehead atoms. The zero-order valence-electron chi connectivity index (χ0n) is 16.8. The quantitative estimate of drug-likeness (QED) is 0.811. The second kappa shape index (κ2) is 6.68. The van der Waals surface area contributed by atoms with E-state index in [4.69, 9.17) is 0 Å². The molecule has 0 spiro atoms. The molecule has 0 saturated heterocycles. The van der Waals surface area contributed by atoms with E-state index in [2.05, 4.69) is 0 Å². The number of rotatable bonds is 4. The van der Waals surface area contributed by atoms with Crippen LogP contribution in [-0.2, 0) is 20.9 Å². The van der Waals surface area contributed by atoms with Crippen molar-refractivity contribution >= 4 is 17.6 Å². The largest absolute Gasteiger partial charge is 0.425 e. The number of hydrogen-bond donors (Lipinski definition) is 1. The normalized spacial score (nSPS) is 26.1. The molecule has 30 heavy (non-hydrogen) atoms. The Kier molecular flexibility index (Phi) is 4.60. The van der Waals surface area contributed by atoms with Gasteiger partial charge < -0.3 is 10.2 Å². The first kappa shape index (κ1) is 20.6. The van der Waals surface area contributed by atoms with Crippen LogP contribution in [0.2, 0.25) is 0 Å². The maximum Gasteiger partial charge on any atom is 0.425 e. The molecule has 160 valence electrons. The summed E-state index contributed by atoms with van der Waals surface area (Å²) in [6, 6.07) is 8.64. The molecule has 1 N–H and O–H groups in total. The highest BCUT2D eigenvalue weighted by Gasteiger charge is 2.71. The third kappa shape index (κ3) is 3.22. The number of allylic oxidation sites excluding steroid dienone is 1. The van der Waals surface area contributed by atoms with Crippen LogP contribution in [0.3, 0.4) is 0 Å². The highest BCUT2D eigenvalue weighted by molar-refractivity contribution is 6.13. The molecule has 1 fully saturated rings. The summed E-state index contributed by atoms with van der Waals surface area (Å²) in [7, 11) is 0. The van der Waals surface area contributed by atoms with Crippen LogP contribution in [0.4, 0.5) is 13.2 Å². The number of hydrogen-bond acceptors (Lipinski definition) is 3. The first-order valence-corrected chi connectivity index (χ1v) is 9.98. The number of halogens is 3. The number of ketones is 1. The maximum atomic E-state index is 14.5. The summed E-state index contributed by atoms with van der Waals surface area (Å²) in [6.07, 6.45) is -4.15. The molecule has 5 nitrogen and oxygen atoms in total. The van der Waals surface area contributed by atoms with Crippen LogP contribution in [0.25, 0.3) is 0 Å². The summed E-state index contributed by atoms with van der Waals surface area (Å²) in [4.78, 5) is 39.8. The fourth-order valence-corrected chi connectivity index (χ4v) is 4.39. The Bertz CT molecular complexity index is 948. The molecule has 4 rings (SSSR count). The lowest BCUT2D eigenvalue weighted by Crippen LogP contribution is -2.66. The van der Waals surface area contributed by atoms with Gasteiger partial charge in [-0.3, -0.25) is 14.4 Å². The summed E-state index contributed by atoms with van der Waals surface area (Å²) >= 11 is 0. The molecular formula is C22H23F3N2O3. The minimum atomic E-state index is -5.14. The van der Waals surface area contributed by atoms with Gasteiger partial charge in [-0.1, -0.05) is 44.2 Å². The molecule has 3 aliphatic rings. The number of benzene rings is 1. The van der Waals surface area contributed by atoms with Crippen LogP contribution in [0, 0.1) is 11.3 Å². The first-order valence-electron chi connectivity index (χ1n) is 9.98. The number of Topliss-reactive ketones (excluding diaryl/α,β-unsaturated/α-hetero) is 1. The lowest BCUT2D eigenvalue weighted by molar-refractivity contribution is -0.195. The lowest BCUT2D eigenvalue weighted by atomic mass is 9.72. The number of alkyl halides is 3. The summed E-state index contributed by atoms with van der Waals surface area (Å²) in [5, 5.41) is 1.98. The van der Waals surface area contributed by atoms with E-state index in [1.54, 1.807) is 44.2 Å². The molecule has 0 unspecified atom stereocenters. The molecule has 0 radical (unpaired) electrons. The Morgan fingerprint density at radius 2 is 1.77 bits per heavy atom. The zero-order valence-corrected chi connectivity index (χ0v) is 16.8. The van der Waals surface area contributed by atoms with Crippen molar-refractivity contribution in [2.24, 2.45) is 11.3 Å². The average molecular weight is 420 g/mol. The fraction of sp³-hybridized carbons (Fsp3) is 0.500. The Hall–Kier alpha value is -2.64. The van der Waals surface area contributed by atoms with E-state index in [1.165, 1.54) is 0 Å². The van der Waals surface area contributed by atoms with Crippen LogP contribution >= 0.6 is 0 Å². The SMILES string of the molecule is CC1(C)CC(=O)C2=C(C1)N(Cc1ccccc1)C(=O)[C@@]2(NC(=O)C1CC1)C(F)(F)F. The first-order chi connectivity index (χ1) is 14.0. The van der Waals surface area contributed by atoms with Crippen molar-refractivity contribution < 1.29 is 27.6 Å². The summed E-state index contributed by atoms with van der Waals surface area (Å²) in [5.74, 6) is -3.41. The van der Waals surface area contributed by atoms with Crippen molar-refractivity contribution in [1.82, 2.24) is 10.2 Å². The molecule has 1 saturated carbocycles. The molecule has 8 heteroatoms. The zero-order chi connectivity index (χ0) is 21.9. The second-order valence-corrected chi connectivity index (χ2v) is 9.15. The van der Waals surface area contributed by atoms with E-state index in [9.17, 15) is 27.6 Å². The van der Waals surface area contributed by atoms with Gasteiger partial charge >= 0.3 is 6.18 Å². The number of nitrogens with zero attached hydrogens (tertiary/aromatic N) is 1. The monoisotopic (exact) mass is 420 g/mol. The predicted octanol–water partition coefficient (Wildman–Crippen LogP) is 3.50. The topological polar surface area (TPSA) is 66.5 Å². The summed E-state index contributed by atoms with van der Waals surface area (Å²) < 4.78 is 43.5. The highest BCUT2D eigenvalue weighted by atomic mass is 19.4. The standard InChI is InChI=1S/C22H23F3N2O3/c1-20(2)10-15-17(16(28)11-20)21(22(23,24)25,26-18(29)14-8-9-14)19(30)27(15)12-13-6-4-3-5-7-13/h3-7,14H,8-12H2,1-2H3,(H,26,29)/t21-/m1/s1. The number of amides is 2. The maximum absolute atomic E-state index is 14.5. The van der Waals surface area contributed by atoms with Gasteiger partial charge in [0.2, 0.25) is 11.4 Å². The van der Waals surface area contributed by atoms with Gasteiger partial charge in [0.25, 0.3) is 5.91 Å². The number of carbonyl (C=O) groups is 3. The van der Waals surface area contributed by atoms with Crippen molar-refractivity contribution in [3.63, 3.8) is 0 Å². The molecular weight excluding hydrogens is 397 g/mol. The fourth-order valence-electron chi connectivity index (χ4n) is 4.39. The lowest BCUT2D eigenvalue weighted by Gasteiger charge is -2.35. The smallest absolute Gasteiger partial charge is 0.330 e. The third-order valence-electron chi connectivity index (χ3n) is 5.99. The van der Waals surface area contributed by atoms with E-state index >= 15 is 0 Å². The molecule has 2 amide bonds. The highest BCUT2D eigenvalue weighted by Crippen LogP contribution is 2.52. The van der Waals surface area contributed by atoms with Gasteiger partial charge in [-0.05, 0) is 30.2 Å².